The van der Waals surface area contributed by atoms with Crippen LogP contribution >= 0.6 is 0 Å². The SMILES string of the molecule is CCCCCCCC(=O)NC(c1ccc(F)cc1)c1nccn1C. The van der Waals surface area contributed by atoms with Gasteiger partial charge in [0.2, 0.25) is 5.91 Å². The number of nitrogens with zero attached hydrogens (tertiary/aromatic N) is 2. The number of hydrogen-bond donors (Lipinski definition) is 1. The van der Waals surface area contributed by atoms with Gasteiger partial charge in [-0.1, -0.05) is 44.7 Å². The number of imidazole rings is 1. The maximum atomic E-state index is 13.2. The second-order valence-electron chi connectivity index (χ2n) is 6.11. The largest absolute Gasteiger partial charge is 0.342 e. The molecule has 0 aliphatic heterocycles. The van der Waals surface area contributed by atoms with E-state index in [0.29, 0.717) is 6.42 Å². The van der Waals surface area contributed by atoms with Crippen molar-refractivity contribution in [3.63, 3.8) is 0 Å². The number of unbranched alkanes of at least 4 members (excludes halogenated alkanes) is 4. The molecule has 1 heterocycles. The molecule has 0 radical (unpaired) electrons. The maximum Gasteiger partial charge on any atom is 0.220 e. The van der Waals surface area contributed by atoms with E-state index in [1.54, 1.807) is 18.3 Å². The number of benzene rings is 1. The van der Waals surface area contributed by atoms with E-state index in [2.05, 4.69) is 17.2 Å². The van der Waals surface area contributed by atoms with E-state index in [-0.39, 0.29) is 17.8 Å². The summed E-state index contributed by atoms with van der Waals surface area (Å²) in [7, 11) is 1.88. The van der Waals surface area contributed by atoms with E-state index in [0.717, 1.165) is 24.2 Å². The van der Waals surface area contributed by atoms with Crippen LogP contribution in [-0.2, 0) is 11.8 Å². The zero-order valence-corrected chi connectivity index (χ0v) is 14.5. The highest BCUT2D eigenvalue weighted by atomic mass is 19.1. The van der Waals surface area contributed by atoms with Crippen LogP contribution < -0.4 is 5.32 Å². The highest BCUT2D eigenvalue weighted by Crippen LogP contribution is 2.21. The van der Waals surface area contributed by atoms with Crippen LogP contribution in [0.3, 0.4) is 0 Å². The highest BCUT2D eigenvalue weighted by molar-refractivity contribution is 5.76. The number of aryl methyl sites for hydroxylation is 1. The summed E-state index contributed by atoms with van der Waals surface area (Å²) in [6.45, 7) is 2.17. The molecule has 2 aromatic rings. The standard InChI is InChI=1S/C19H26FN3O/c1-3-4-5-6-7-8-17(24)22-18(19-21-13-14-23(19)2)15-9-11-16(20)12-10-15/h9-14,18H,3-8H2,1-2H3,(H,22,24). The summed E-state index contributed by atoms with van der Waals surface area (Å²) in [5, 5.41) is 3.04. The van der Waals surface area contributed by atoms with Crippen molar-refractivity contribution >= 4 is 5.91 Å². The Labute approximate surface area is 143 Å². The molecule has 0 bridgehead atoms. The number of aromatic nitrogens is 2. The third-order valence-electron chi connectivity index (χ3n) is 4.13. The normalized spacial score (nSPS) is 12.1. The summed E-state index contributed by atoms with van der Waals surface area (Å²) in [5.74, 6) is 0.448. The zero-order chi connectivity index (χ0) is 17.4. The molecule has 1 unspecified atom stereocenters. The first-order chi connectivity index (χ1) is 11.6. The van der Waals surface area contributed by atoms with Gasteiger partial charge in [0, 0.05) is 25.9 Å². The minimum absolute atomic E-state index is 0.00354. The summed E-state index contributed by atoms with van der Waals surface area (Å²) in [6, 6.07) is 5.82. The molecule has 0 saturated carbocycles. The second kappa shape index (κ2) is 9.21. The number of carbonyl (C=O) groups is 1. The molecular weight excluding hydrogens is 305 g/mol. The summed E-state index contributed by atoms with van der Waals surface area (Å²) < 4.78 is 15.1. The average molecular weight is 331 g/mol. The molecule has 1 aromatic carbocycles. The van der Waals surface area contributed by atoms with Gasteiger partial charge in [-0.05, 0) is 24.1 Å². The number of nitrogens with one attached hydrogen (secondary N) is 1. The molecule has 0 aliphatic carbocycles. The lowest BCUT2D eigenvalue weighted by Crippen LogP contribution is -2.30. The quantitative estimate of drug-likeness (QED) is 0.702. The van der Waals surface area contributed by atoms with Gasteiger partial charge in [-0.15, -0.1) is 0 Å². The minimum Gasteiger partial charge on any atom is -0.342 e. The molecule has 24 heavy (non-hydrogen) atoms. The molecule has 1 aromatic heterocycles. The first kappa shape index (κ1) is 18.2. The zero-order valence-electron chi connectivity index (χ0n) is 14.5. The van der Waals surface area contributed by atoms with E-state index in [9.17, 15) is 9.18 Å². The van der Waals surface area contributed by atoms with E-state index in [4.69, 9.17) is 0 Å². The summed E-state index contributed by atoms with van der Waals surface area (Å²) in [4.78, 5) is 16.7. The van der Waals surface area contributed by atoms with Crippen LogP contribution in [0.25, 0.3) is 0 Å². The molecule has 1 N–H and O–H groups in total. The number of carbonyl (C=O) groups excluding carboxylic acids is 1. The Morgan fingerprint density at radius 1 is 1.21 bits per heavy atom. The maximum absolute atomic E-state index is 13.2. The van der Waals surface area contributed by atoms with E-state index in [1.807, 2.05) is 17.8 Å². The van der Waals surface area contributed by atoms with Gasteiger partial charge in [0.05, 0.1) is 0 Å². The average Bonchev–Trinajstić information content (AvgIpc) is 2.99. The van der Waals surface area contributed by atoms with Crippen molar-refractivity contribution in [2.24, 2.45) is 7.05 Å². The van der Waals surface area contributed by atoms with Crippen molar-refractivity contribution in [3.8, 4) is 0 Å². The van der Waals surface area contributed by atoms with Crippen molar-refractivity contribution in [1.82, 2.24) is 14.9 Å². The molecular formula is C19H26FN3O. The molecule has 1 atom stereocenters. The number of halogens is 1. The smallest absolute Gasteiger partial charge is 0.220 e. The third-order valence-corrected chi connectivity index (χ3v) is 4.13. The molecule has 2 rings (SSSR count). The van der Waals surface area contributed by atoms with Crippen molar-refractivity contribution in [1.29, 1.82) is 0 Å². The highest BCUT2D eigenvalue weighted by Gasteiger charge is 2.20. The Morgan fingerprint density at radius 2 is 1.92 bits per heavy atom. The number of amides is 1. The lowest BCUT2D eigenvalue weighted by molar-refractivity contribution is -0.121. The van der Waals surface area contributed by atoms with Crippen molar-refractivity contribution in [2.45, 2.75) is 51.5 Å². The van der Waals surface area contributed by atoms with E-state index < -0.39 is 0 Å². The Morgan fingerprint density at radius 3 is 2.54 bits per heavy atom. The van der Waals surface area contributed by atoms with Gasteiger partial charge in [-0.2, -0.15) is 0 Å². The third kappa shape index (κ3) is 5.18. The summed E-state index contributed by atoms with van der Waals surface area (Å²) in [6.07, 6.45) is 9.58. The molecule has 0 spiro atoms. The predicted octanol–water partition coefficient (Wildman–Crippen LogP) is 4.13. The van der Waals surface area contributed by atoms with Crippen LogP contribution in [-0.4, -0.2) is 15.5 Å². The Kier molecular flexibility index (Phi) is 6.97. The molecule has 130 valence electrons. The van der Waals surface area contributed by atoms with Gasteiger partial charge >= 0.3 is 0 Å². The summed E-state index contributed by atoms with van der Waals surface area (Å²) in [5.41, 5.74) is 0.824. The van der Waals surface area contributed by atoms with Crippen molar-refractivity contribution < 1.29 is 9.18 Å². The fraction of sp³-hybridized carbons (Fsp3) is 0.474. The van der Waals surface area contributed by atoms with Gasteiger partial charge in [0.15, 0.2) is 0 Å². The first-order valence-corrected chi connectivity index (χ1v) is 8.64. The Bertz CT molecular complexity index is 636. The van der Waals surface area contributed by atoms with Crippen LogP contribution in [0.4, 0.5) is 4.39 Å². The first-order valence-electron chi connectivity index (χ1n) is 8.64. The van der Waals surface area contributed by atoms with Gasteiger partial charge in [-0.25, -0.2) is 9.37 Å². The van der Waals surface area contributed by atoms with Crippen LogP contribution in [0.5, 0.6) is 0 Å². The van der Waals surface area contributed by atoms with Gasteiger partial charge in [0.25, 0.3) is 0 Å². The van der Waals surface area contributed by atoms with Crippen molar-refractivity contribution in [2.75, 3.05) is 0 Å². The number of rotatable bonds is 9. The van der Waals surface area contributed by atoms with Crippen molar-refractivity contribution in [3.05, 3.63) is 53.9 Å². The predicted molar refractivity (Wildman–Crippen MR) is 93.0 cm³/mol. The fourth-order valence-corrected chi connectivity index (χ4v) is 2.73. The number of hydrogen-bond acceptors (Lipinski definition) is 2. The van der Waals surface area contributed by atoms with Gasteiger partial charge in [-0.3, -0.25) is 4.79 Å². The molecule has 0 saturated heterocycles. The minimum atomic E-state index is -0.367. The lowest BCUT2D eigenvalue weighted by Gasteiger charge is -2.19. The molecule has 1 amide bonds. The van der Waals surface area contributed by atoms with Crippen LogP contribution in [0.2, 0.25) is 0 Å². The molecule has 0 aliphatic rings. The summed E-state index contributed by atoms with van der Waals surface area (Å²) >= 11 is 0. The van der Waals surface area contributed by atoms with Gasteiger partial charge in [0.1, 0.15) is 17.7 Å². The van der Waals surface area contributed by atoms with Crippen LogP contribution in [0, 0.1) is 5.82 Å². The fourth-order valence-electron chi connectivity index (χ4n) is 2.73. The monoisotopic (exact) mass is 331 g/mol. The lowest BCUT2D eigenvalue weighted by atomic mass is 10.1. The topological polar surface area (TPSA) is 46.9 Å². The Hall–Kier alpha value is -2.17. The van der Waals surface area contributed by atoms with E-state index >= 15 is 0 Å². The molecule has 0 fully saturated rings. The van der Waals surface area contributed by atoms with E-state index in [1.165, 1.54) is 31.4 Å². The van der Waals surface area contributed by atoms with Crippen LogP contribution in [0.1, 0.15) is 62.9 Å². The van der Waals surface area contributed by atoms with Gasteiger partial charge < -0.3 is 9.88 Å². The second-order valence-corrected chi connectivity index (χ2v) is 6.11. The Balaban J connectivity index is 2.03. The molecule has 5 heteroatoms. The molecule has 4 nitrogen and oxygen atoms in total. The van der Waals surface area contributed by atoms with Crippen LogP contribution in [0.15, 0.2) is 36.7 Å².